The number of anilines is 7. The number of benzene rings is 5. The van der Waals surface area contributed by atoms with E-state index in [1.165, 1.54) is 96.6 Å². The molecule has 1 saturated carbocycles. The lowest BCUT2D eigenvalue weighted by atomic mass is 9.33. The van der Waals surface area contributed by atoms with Crippen molar-refractivity contribution >= 4 is 90.4 Å². The third-order valence-electron chi connectivity index (χ3n) is 13.5. The minimum atomic E-state index is 0.0130. The minimum absolute atomic E-state index is 0.0130. The third-order valence-corrected chi connectivity index (χ3v) is 14.6. The zero-order valence-corrected chi connectivity index (χ0v) is 33.7. The molecule has 1 aromatic heterocycles. The first-order valence-electron chi connectivity index (χ1n) is 20.1. The molecule has 5 heteroatoms. The molecule has 0 radical (unpaired) electrons. The van der Waals surface area contributed by atoms with Gasteiger partial charge in [0, 0.05) is 65.9 Å². The van der Waals surface area contributed by atoms with Gasteiger partial charge in [0.15, 0.2) is 0 Å². The molecule has 3 aliphatic heterocycles. The van der Waals surface area contributed by atoms with Crippen LogP contribution in [0.2, 0.25) is 0 Å². The maximum Gasteiger partial charge on any atom is 0.252 e. The highest BCUT2D eigenvalue weighted by atomic mass is 32.1. The first kappa shape index (κ1) is 34.3. The van der Waals surface area contributed by atoms with Crippen LogP contribution in [0, 0.1) is 6.92 Å². The van der Waals surface area contributed by atoms with Crippen molar-refractivity contribution in [3.63, 3.8) is 0 Å². The van der Waals surface area contributed by atoms with Crippen LogP contribution in [0.5, 0.6) is 0 Å². The Morgan fingerprint density at radius 2 is 1.56 bits per heavy atom. The number of allylic oxidation sites excluding steroid dienone is 4. The lowest BCUT2D eigenvalue weighted by molar-refractivity contribution is 0.195. The van der Waals surface area contributed by atoms with Crippen molar-refractivity contribution in [2.45, 2.75) is 78.2 Å². The van der Waals surface area contributed by atoms with Gasteiger partial charge in [-0.25, -0.2) is 0 Å². The zero-order valence-electron chi connectivity index (χ0n) is 32.9. The van der Waals surface area contributed by atoms with Crippen LogP contribution in [0.3, 0.4) is 0 Å². The Morgan fingerprint density at radius 1 is 0.764 bits per heavy atom. The van der Waals surface area contributed by atoms with Crippen LogP contribution in [0.4, 0.5) is 39.8 Å². The summed E-state index contributed by atoms with van der Waals surface area (Å²) in [6, 6.07) is 39.6. The largest absolute Gasteiger partial charge is 0.335 e. The molecular weight excluding hydrogens is 685 g/mol. The average molecular weight is 734 g/mol. The van der Waals surface area contributed by atoms with Gasteiger partial charge in [0.05, 0.1) is 5.54 Å². The van der Waals surface area contributed by atoms with Crippen molar-refractivity contribution in [3.05, 3.63) is 149 Å². The summed E-state index contributed by atoms with van der Waals surface area (Å²) < 4.78 is 1.33. The number of rotatable bonds is 6. The molecule has 2 atom stereocenters. The Bertz CT molecular complexity index is 2620. The lowest BCUT2D eigenvalue weighted by Gasteiger charge is -2.52. The molecular formula is C50H48BN3S. The highest BCUT2D eigenvalue weighted by Gasteiger charge is 2.61. The van der Waals surface area contributed by atoms with Gasteiger partial charge >= 0.3 is 0 Å². The smallest absolute Gasteiger partial charge is 0.252 e. The number of hydrogen-bond acceptors (Lipinski definition) is 4. The fourth-order valence-electron chi connectivity index (χ4n) is 10.9. The summed E-state index contributed by atoms with van der Waals surface area (Å²) in [6.45, 7) is 13.9. The van der Waals surface area contributed by atoms with Gasteiger partial charge in [0.1, 0.15) is 0 Å². The van der Waals surface area contributed by atoms with Crippen LogP contribution >= 0.6 is 11.3 Å². The maximum atomic E-state index is 2.81. The van der Waals surface area contributed by atoms with Crippen molar-refractivity contribution in [3.8, 4) is 0 Å². The van der Waals surface area contributed by atoms with Gasteiger partial charge in [0.25, 0.3) is 6.71 Å². The standard InChI is InChI=1S/C50H48BN3S/c1-7-17-34(9-3)52(35-19-11-10-12-20-35)37-25-27-41-45(32-37)53(36-26-28-46-39(31-36)38(18-8-2)33(4)55-46)43-23-16-24-44-47(43)51(41)42-22-15-21-40-48(42)54(44)50(6)30-14-13-29-49(40,50)5/h7-12,15-28,31-32H,13-14,29-30H2,1-6H3/b17-7-,18-8-,34-9+. The Kier molecular flexibility index (Phi) is 7.87. The van der Waals surface area contributed by atoms with E-state index in [1.807, 2.05) is 11.3 Å². The van der Waals surface area contributed by atoms with Gasteiger partial charge in [-0.2, -0.15) is 0 Å². The molecule has 55 heavy (non-hydrogen) atoms. The number of fused-ring (bicyclic) bond motifs is 8. The fourth-order valence-corrected chi connectivity index (χ4v) is 11.9. The average Bonchev–Trinajstić information content (AvgIpc) is 3.63. The number of thiophene rings is 1. The molecule has 4 aliphatic rings. The van der Waals surface area contributed by atoms with Gasteiger partial charge in [-0.3, -0.25) is 0 Å². The van der Waals surface area contributed by atoms with E-state index in [1.54, 1.807) is 0 Å². The molecule has 0 N–H and O–H groups in total. The summed E-state index contributed by atoms with van der Waals surface area (Å²) in [6.07, 6.45) is 16.0. The lowest BCUT2D eigenvalue weighted by Crippen LogP contribution is -2.64. The molecule has 10 rings (SSSR count). The van der Waals surface area contributed by atoms with Gasteiger partial charge < -0.3 is 14.7 Å². The summed E-state index contributed by atoms with van der Waals surface area (Å²) in [5, 5.41) is 1.32. The van der Waals surface area contributed by atoms with Gasteiger partial charge in [0.2, 0.25) is 0 Å². The van der Waals surface area contributed by atoms with Crippen molar-refractivity contribution in [1.82, 2.24) is 0 Å². The molecule has 5 aromatic carbocycles. The van der Waals surface area contributed by atoms with Crippen LogP contribution < -0.4 is 31.1 Å². The molecule has 2 unspecified atom stereocenters. The van der Waals surface area contributed by atoms with Crippen LogP contribution in [0.1, 0.15) is 76.3 Å². The second kappa shape index (κ2) is 12.6. The predicted molar refractivity (Wildman–Crippen MR) is 241 cm³/mol. The molecule has 1 fully saturated rings. The molecule has 1 aliphatic carbocycles. The van der Waals surface area contributed by atoms with Crippen molar-refractivity contribution in [1.29, 1.82) is 0 Å². The van der Waals surface area contributed by atoms with Crippen LogP contribution in [0.25, 0.3) is 16.2 Å². The predicted octanol–water partition coefficient (Wildman–Crippen LogP) is 12.2. The summed E-state index contributed by atoms with van der Waals surface area (Å²) in [7, 11) is 0. The van der Waals surface area contributed by atoms with Crippen LogP contribution in [0.15, 0.2) is 133 Å². The van der Waals surface area contributed by atoms with Crippen LogP contribution in [-0.4, -0.2) is 12.3 Å². The Hall–Kier alpha value is -5.26. The molecule has 272 valence electrons. The van der Waals surface area contributed by atoms with Gasteiger partial charge in [-0.05, 0) is 136 Å². The van der Waals surface area contributed by atoms with Gasteiger partial charge in [-0.15, -0.1) is 11.3 Å². The summed E-state index contributed by atoms with van der Waals surface area (Å²) >= 11 is 1.89. The Morgan fingerprint density at radius 3 is 2.36 bits per heavy atom. The topological polar surface area (TPSA) is 9.72 Å². The van der Waals surface area contributed by atoms with Crippen molar-refractivity contribution in [2.24, 2.45) is 0 Å². The van der Waals surface area contributed by atoms with E-state index in [4.69, 9.17) is 0 Å². The maximum absolute atomic E-state index is 2.81. The molecule has 3 nitrogen and oxygen atoms in total. The molecule has 0 amide bonds. The highest BCUT2D eigenvalue weighted by molar-refractivity contribution is 7.19. The second-order valence-corrected chi connectivity index (χ2v) is 17.5. The van der Waals surface area contributed by atoms with Crippen LogP contribution in [-0.2, 0) is 5.41 Å². The molecule has 6 aromatic rings. The summed E-state index contributed by atoms with van der Waals surface area (Å²) in [4.78, 5) is 9.15. The molecule has 0 spiro atoms. The zero-order chi connectivity index (χ0) is 37.6. The number of hydrogen-bond donors (Lipinski definition) is 0. The number of para-hydroxylation sites is 2. The van der Waals surface area contributed by atoms with E-state index in [9.17, 15) is 0 Å². The molecule has 0 saturated heterocycles. The SMILES string of the molecule is C/C=C\C(=C/C)N(c1ccccc1)c1ccc2c(c1)N(c1ccc3sc(C)c(/C=C\C)c3c1)c1cccc3c1B2c1cccc2c1N3C1(C)CCCCC21C. The van der Waals surface area contributed by atoms with E-state index < -0.39 is 0 Å². The monoisotopic (exact) mass is 733 g/mol. The number of nitrogens with zero attached hydrogens (tertiary/aromatic N) is 3. The summed E-state index contributed by atoms with van der Waals surface area (Å²) in [5.41, 5.74) is 17.2. The number of aryl methyl sites for hydroxylation is 1. The van der Waals surface area contributed by atoms with Crippen molar-refractivity contribution in [2.75, 3.05) is 14.7 Å². The van der Waals surface area contributed by atoms with E-state index in [-0.39, 0.29) is 17.7 Å². The first-order chi connectivity index (χ1) is 26.8. The third kappa shape index (κ3) is 4.69. The minimum Gasteiger partial charge on any atom is -0.335 e. The highest BCUT2D eigenvalue weighted by Crippen LogP contribution is 2.61. The normalized spacial score (nSPS) is 21.0. The second-order valence-electron chi connectivity index (χ2n) is 16.3. The summed E-state index contributed by atoms with van der Waals surface area (Å²) in [5.74, 6) is 0. The molecule has 0 bridgehead atoms. The van der Waals surface area contributed by atoms with E-state index in [0.717, 1.165) is 17.1 Å². The van der Waals surface area contributed by atoms with E-state index in [0.29, 0.717) is 0 Å². The first-order valence-corrected chi connectivity index (χ1v) is 20.9. The van der Waals surface area contributed by atoms with E-state index in [2.05, 4.69) is 190 Å². The van der Waals surface area contributed by atoms with Gasteiger partial charge in [-0.1, -0.05) is 92.6 Å². The quantitative estimate of drug-likeness (QED) is 0.124. The van der Waals surface area contributed by atoms with Crippen molar-refractivity contribution < 1.29 is 0 Å². The van der Waals surface area contributed by atoms with E-state index >= 15 is 0 Å². The molecule has 4 heterocycles. The Balaban J connectivity index is 1.28. The fraction of sp³-hybridized carbons (Fsp3) is 0.240. The Labute approximate surface area is 331 Å².